The summed E-state index contributed by atoms with van der Waals surface area (Å²) in [6, 6.07) is -1.63. The number of hydrogen-bond acceptors (Lipinski definition) is 6. The van der Waals surface area contributed by atoms with Gasteiger partial charge in [-0.1, -0.05) is 0 Å². The molecule has 0 fully saturated rings. The first-order valence-corrected chi connectivity index (χ1v) is 8.81. The quantitative estimate of drug-likeness (QED) is 0.610. The largest absolute Gasteiger partial charge is 0.480 e. The maximum Gasteiger partial charge on any atom is 0.408 e. The van der Waals surface area contributed by atoms with Gasteiger partial charge in [-0.05, 0) is 34.6 Å². The Morgan fingerprint density at radius 3 is 2.04 bits per heavy atom. The van der Waals surface area contributed by atoms with E-state index in [1.807, 2.05) is 5.32 Å². The number of carboxylic acid groups (broad SMARTS) is 1. The monoisotopic (exact) mass is 357 g/mol. The smallest absolute Gasteiger partial charge is 0.408 e. The van der Waals surface area contributed by atoms with Crippen molar-refractivity contribution >= 4 is 19.7 Å². The fraction of sp³-hybridized carbons (Fsp3) is 0.846. The zero-order valence-corrected chi connectivity index (χ0v) is 14.9. The summed E-state index contributed by atoms with van der Waals surface area (Å²) in [6.45, 7) is 7.68. The Kier molecular flexibility index (Phi) is 8.73. The molecule has 23 heavy (non-hydrogen) atoms. The molecule has 0 aromatic rings. The molecule has 0 radical (unpaired) electrons. The number of carbonyl (C=O) groups excluding carboxylic acids is 1. The lowest BCUT2D eigenvalue weighted by Gasteiger charge is -2.25. The van der Waals surface area contributed by atoms with Crippen LogP contribution in [0.3, 0.4) is 0 Å². The molecule has 0 rings (SSSR count). The highest BCUT2D eigenvalue weighted by Gasteiger charge is 2.40. The van der Waals surface area contributed by atoms with Gasteiger partial charge in [0.1, 0.15) is 11.6 Å². The van der Waals surface area contributed by atoms with Gasteiger partial charge >= 0.3 is 19.7 Å². The molecule has 0 aromatic carbocycles. The van der Waals surface area contributed by atoms with Gasteiger partial charge in [0, 0.05) is 6.42 Å². The first-order valence-electron chi connectivity index (χ1n) is 7.20. The molecule has 136 valence electrons. The minimum atomic E-state index is -4.11. The molecule has 0 bridgehead atoms. The molecule has 10 heteroatoms. The Hall–Kier alpha value is -1.18. The molecule has 0 aromatic heterocycles. The third kappa shape index (κ3) is 8.29. The number of nitrogens with one attached hydrogen (secondary N) is 1. The summed E-state index contributed by atoms with van der Waals surface area (Å²) >= 11 is 0. The maximum atomic E-state index is 14.3. The van der Waals surface area contributed by atoms with Crippen molar-refractivity contribution in [2.24, 2.45) is 0 Å². The minimum Gasteiger partial charge on any atom is -0.480 e. The number of carboxylic acids is 1. The Bertz CT molecular complexity index is 442. The normalized spacial score (nSPS) is 14.9. The van der Waals surface area contributed by atoms with E-state index in [9.17, 15) is 18.5 Å². The maximum absolute atomic E-state index is 14.3. The third-order valence-corrected chi connectivity index (χ3v) is 4.51. The van der Waals surface area contributed by atoms with E-state index in [1.54, 1.807) is 20.8 Å². The minimum absolute atomic E-state index is 0.0606. The zero-order chi connectivity index (χ0) is 18.3. The predicted octanol–water partition coefficient (Wildman–Crippen LogP) is 2.92. The van der Waals surface area contributed by atoms with Crippen molar-refractivity contribution in [3.63, 3.8) is 0 Å². The lowest BCUT2D eigenvalue weighted by atomic mass is 10.2. The number of amides is 1. The van der Waals surface area contributed by atoms with Gasteiger partial charge in [0.2, 0.25) is 5.91 Å². The van der Waals surface area contributed by atoms with Crippen LogP contribution in [0, 0.1) is 0 Å². The highest BCUT2D eigenvalue weighted by Crippen LogP contribution is 2.55. The lowest BCUT2D eigenvalue weighted by molar-refractivity contribution is -0.139. The number of alkyl carbamates (subject to hydrolysis) is 1. The second kappa shape index (κ2) is 9.20. The van der Waals surface area contributed by atoms with E-state index in [2.05, 4.69) is 0 Å². The van der Waals surface area contributed by atoms with Crippen LogP contribution in [0.25, 0.3) is 0 Å². The lowest BCUT2D eigenvalue weighted by Crippen LogP contribution is -2.44. The summed E-state index contributed by atoms with van der Waals surface area (Å²) in [7, 11) is -4.11. The van der Waals surface area contributed by atoms with E-state index in [1.165, 1.54) is 13.8 Å². The summed E-state index contributed by atoms with van der Waals surface area (Å²) in [4.78, 5) is 22.8. The molecule has 0 heterocycles. The molecule has 0 saturated carbocycles. The molecule has 0 saturated heterocycles. The third-order valence-electron chi connectivity index (χ3n) is 2.38. The SMILES string of the molecule is CCOP(=O)(OCC)C(F)C[C@H](NC(=O)OC(C)(C)C)C(=O)O. The van der Waals surface area contributed by atoms with Crippen LogP contribution in [0.15, 0.2) is 0 Å². The molecule has 0 aliphatic heterocycles. The number of rotatable bonds is 9. The Balaban J connectivity index is 4.96. The zero-order valence-electron chi connectivity index (χ0n) is 14.0. The fourth-order valence-corrected chi connectivity index (χ4v) is 3.14. The van der Waals surface area contributed by atoms with E-state index in [4.69, 9.17) is 18.9 Å². The van der Waals surface area contributed by atoms with Crippen LogP contribution >= 0.6 is 7.60 Å². The van der Waals surface area contributed by atoms with Crippen molar-refractivity contribution in [1.29, 1.82) is 0 Å². The van der Waals surface area contributed by atoms with Crippen LogP contribution in [0.5, 0.6) is 0 Å². The molecule has 1 unspecified atom stereocenters. The number of ether oxygens (including phenoxy) is 1. The number of aliphatic carboxylic acids is 1. The van der Waals surface area contributed by atoms with Crippen molar-refractivity contribution in [3.05, 3.63) is 0 Å². The van der Waals surface area contributed by atoms with Crippen molar-refractivity contribution in [2.75, 3.05) is 13.2 Å². The standard InChI is InChI=1S/C13H25FNO7P/c1-6-20-23(19,21-7-2)10(14)8-9(11(16)17)15-12(18)22-13(3,4)5/h9-10H,6-8H2,1-5H3,(H,15,18)(H,16,17)/t9-,10?/m0/s1. The van der Waals surface area contributed by atoms with Crippen molar-refractivity contribution in [3.8, 4) is 0 Å². The summed E-state index contributed by atoms with van der Waals surface area (Å²) in [6.07, 6.45) is -1.79. The van der Waals surface area contributed by atoms with Gasteiger partial charge in [-0.25, -0.2) is 14.0 Å². The van der Waals surface area contributed by atoms with E-state index >= 15 is 0 Å². The summed E-state index contributed by atoms with van der Waals surface area (Å²) in [5.41, 5.74) is -0.839. The first kappa shape index (κ1) is 21.8. The van der Waals surface area contributed by atoms with Gasteiger partial charge in [-0.15, -0.1) is 0 Å². The number of carbonyl (C=O) groups is 2. The number of halogens is 1. The Morgan fingerprint density at radius 2 is 1.70 bits per heavy atom. The summed E-state index contributed by atoms with van der Waals surface area (Å²) < 4.78 is 41.0. The molecule has 2 N–H and O–H groups in total. The van der Waals surface area contributed by atoms with Crippen LogP contribution in [0.2, 0.25) is 0 Å². The van der Waals surface area contributed by atoms with E-state index in [-0.39, 0.29) is 13.2 Å². The molecule has 8 nitrogen and oxygen atoms in total. The number of hydrogen-bond donors (Lipinski definition) is 2. The van der Waals surface area contributed by atoms with Crippen LogP contribution < -0.4 is 5.32 Å². The van der Waals surface area contributed by atoms with Gasteiger partial charge in [-0.2, -0.15) is 0 Å². The van der Waals surface area contributed by atoms with Crippen LogP contribution in [-0.4, -0.2) is 47.9 Å². The van der Waals surface area contributed by atoms with Gasteiger partial charge in [0.05, 0.1) is 13.2 Å². The van der Waals surface area contributed by atoms with E-state index in [0.29, 0.717) is 0 Å². The Labute approximate surface area is 135 Å². The average Bonchev–Trinajstić information content (AvgIpc) is 2.35. The molecular formula is C13H25FNO7P. The second-order valence-electron chi connectivity index (χ2n) is 5.58. The first-order chi connectivity index (χ1) is 10.4. The van der Waals surface area contributed by atoms with Crippen molar-refractivity contribution in [2.45, 2.75) is 58.6 Å². The molecular weight excluding hydrogens is 332 g/mol. The van der Waals surface area contributed by atoms with Gasteiger partial charge in [0.25, 0.3) is 0 Å². The van der Waals surface area contributed by atoms with Crippen LogP contribution in [0.1, 0.15) is 41.0 Å². The summed E-state index contributed by atoms with van der Waals surface area (Å²) in [5, 5.41) is 11.1. The van der Waals surface area contributed by atoms with Gasteiger partial charge in [0.15, 0.2) is 0 Å². The average molecular weight is 357 g/mol. The van der Waals surface area contributed by atoms with E-state index in [0.717, 1.165) is 0 Å². The molecule has 2 atom stereocenters. The highest BCUT2D eigenvalue weighted by atomic mass is 31.2. The Morgan fingerprint density at radius 1 is 1.22 bits per heavy atom. The summed E-state index contributed by atoms with van der Waals surface area (Å²) in [5.74, 6) is -3.68. The molecule has 1 amide bonds. The van der Waals surface area contributed by atoms with E-state index < -0.39 is 43.6 Å². The molecule has 0 aliphatic rings. The predicted molar refractivity (Wildman–Crippen MR) is 81.2 cm³/mol. The topological polar surface area (TPSA) is 111 Å². The van der Waals surface area contributed by atoms with Crippen molar-refractivity contribution < 1.29 is 37.4 Å². The molecule has 0 aliphatic carbocycles. The van der Waals surface area contributed by atoms with Crippen molar-refractivity contribution in [1.82, 2.24) is 5.32 Å². The fourth-order valence-electron chi connectivity index (χ4n) is 1.55. The number of alkyl halides is 1. The second-order valence-corrected chi connectivity index (χ2v) is 7.74. The molecule has 0 spiro atoms. The van der Waals surface area contributed by atoms with Crippen LogP contribution in [0.4, 0.5) is 9.18 Å². The van der Waals surface area contributed by atoms with Gasteiger partial charge < -0.3 is 24.2 Å². The highest BCUT2D eigenvalue weighted by molar-refractivity contribution is 7.54. The van der Waals surface area contributed by atoms with Gasteiger partial charge in [-0.3, -0.25) is 4.57 Å². The van der Waals surface area contributed by atoms with Crippen LogP contribution in [-0.2, 0) is 23.1 Å².